The first-order valence-corrected chi connectivity index (χ1v) is 3.71. The van der Waals surface area contributed by atoms with Crippen LogP contribution in [0, 0.1) is 6.92 Å². The first kappa shape index (κ1) is 7.03. The molecular formula is C9H8N2O. The number of fused-ring (bicyclic) bond motifs is 1. The van der Waals surface area contributed by atoms with E-state index in [1.807, 2.05) is 13.0 Å². The highest BCUT2D eigenvalue weighted by Crippen LogP contribution is 2.17. The zero-order chi connectivity index (χ0) is 8.55. The van der Waals surface area contributed by atoms with E-state index in [0.29, 0.717) is 5.56 Å². The number of aromatic nitrogens is 2. The minimum atomic E-state index is 0.676. The average Bonchev–Trinajstić information content (AvgIpc) is 2.49. The molecule has 1 N–H and O–H groups in total. The molecule has 0 fully saturated rings. The molecule has 0 aliphatic heterocycles. The Morgan fingerprint density at radius 3 is 3.17 bits per heavy atom. The average molecular weight is 160 g/mol. The summed E-state index contributed by atoms with van der Waals surface area (Å²) >= 11 is 0. The second-order valence-electron chi connectivity index (χ2n) is 2.71. The van der Waals surface area contributed by atoms with Gasteiger partial charge in [0.2, 0.25) is 0 Å². The van der Waals surface area contributed by atoms with E-state index >= 15 is 0 Å². The number of H-pyrrole nitrogens is 1. The van der Waals surface area contributed by atoms with E-state index in [1.54, 1.807) is 12.4 Å². The monoisotopic (exact) mass is 160 g/mol. The van der Waals surface area contributed by atoms with Crippen molar-refractivity contribution in [1.29, 1.82) is 0 Å². The van der Waals surface area contributed by atoms with Crippen LogP contribution >= 0.6 is 0 Å². The number of pyridine rings is 1. The van der Waals surface area contributed by atoms with Crippen LogP contribution in [-0.2, 0) is 0 Å². The largest absolute Gasteiger partial charge is 0.345 e. The summed E-state index contributed by atoms with van der Waals surface area (Å²) in [5, 5.41) is 0.924. The minimum Gasteiger partial charge on any atom is -0.345 e. The fraction of sp³-hybridized carbons (Fsp3) is 0.111. The second-order valence-corrected chi connectivity index (χ2v) is 2.71. The lowest BCUT2D eigenvalue weighted by Gasteiger charge is -1.93. The number of nitrogens with zero attached hydrogens (tertiary/aromatic N) is 1. The third kappa shape index (κ3) is 0.830. The van der Waals surface area contributed by atoms with Crippen molar-refractivity contribution in [3.05, 3.63) is 29.6 Å². The van der Waals surface area contributed by atoms with Gasteiger partial charge < -0.3 is 4.98 Å². The van der Waals surface area contributed by atoms with Crippen LogP contribution in [0.4, 0.5) is 0 Å². The van der Waals surface area contributed by atoms with Gasteiger partial charge in [-0.2, -0.15) is 0 Å². The molecule has 3 heteroatoms. The zero-order valence-corrected chi connectivity index (χ0v) is 6.66. The molecule has 2 aromatic rings. The molecule has 0 amide bonds. The number of aryl methyl sites for hydroxylation is 1. The maximum Gasteiger partial charge on any atom is 0.152 e. The highest BCUT2D eigenvalue weighted by Gasteiger charge is 2.04. The quantitative estimate of drug-likeness (QED) is 0.645. The van der Waals surface area contributed by atoms with Gasteiger partial charge in [0.15, 0.2) is 6.29 Å². The van der Waals surface area contributed by atoms with Crippen LogP contribution < -0.4 is 0 Å². The first-order valence-electron chi connectivity index (χ1n) is 3.71. The van der Waals surface area contributed by atoms with Gasteiger partial charge >= 0.3 is 0 Å². The van der Waals surface area contributed by atoms with Crippen LogP contribution in [0.15, 0.2) is 18.5 Å². The molecule has 12 heavy (non-hydrogen) atoms. The Morgan fingerprint density at radius 1 is 1.58 bits per heavy atom. The van der Waals surface area contributed by atoms with Crippen molar-refractivity contribution in [3.63, 3.8) is 0 Å². The predicted octanol–water partition coefficient (Wildman–Crippen LogP) is 1.68. The highest BCUT2D eigenvalue weighted by atomic mass is 16.1. The van der Waals surface area contributed by atoms with Crippen LogP contribution in [0.5, 0.6) is 0 Å². The number of hydrogen-bond donors (Lipinski definition) is 1. The molecule has 0 unspecified atom stereocenters. The third-order valence-electron chi connectivity index (χ3n) is 1.94. The van der Waals surface area contributed by atoms with Crippen molar-refractivity contribution in [2.75, 3.05) is 0 Å². The van der Waals surface area contributed by atoms with Crippen molar-refractivity contribution in [3.8, 4) is 0 Å². The second kappa shape index (κ2) is 2.44. The Kier molecular flexibility index (Phi) is 1.43. The van der Waals surface area contributed by atoms with Crippen LogP contribution in [-0.4, -0.2) is 16.3 Å². The van der Waals surface area contributed by atoms with Gasteiger partial charge in [-0.05, 0) is 18.6 Å². The Morgan fingerprint density at radius 2 is 2.42 bits per heavy atom. The van der Waals surface area contributed by atoms with Gasteiger partial charge in [0.25, 0.3) is 0 Å². The van der Waals surface area contributed by atoms with Crippen molar-refractivity contribution in [2.24, 2.45) is 0 Å². The maximum atomic E-state index is 10.6. The summed E-state index contributed by atoms with van der Waals surface area (Å²) in [7, 11) is 0. The number of carbonyl (C=O) groups excluding carboxylic acids is 1. The van der Waals surface area contributed by atoms with E-state index in [4.69, 9.17) is 0 Å². The van der Waals surface area contributed by atoms with Crippen molar-refractivity contribution in [2.45, 2.75) is 6.92 Å². The predicted molar refractivity (Wildman–Crippen MR) is 46.2 cm³/mol. The van der Waals surface area contributed by atoms with Gasteiger partial charge in [-0.25, -0.2) is 4.98 Å². The molecule has 0 saturated heterocycles. The van der Waals surface area contributed by atoms with Crippen LogP contribution in [0.2, 0.25) is 0 Å². The lowest BCUT2D eigenvalue weighted by molar-refractivity contribution is 0.112. The molecule has 0 saturated carbocycles. The summed E-state index contributed by atoms with van der Waals surface area (Å²) < 4.78 is 0. The van der Waals surface area contributed by atoms with Gasteiger partial charge in [-0.1, -0.05) is 0 Å². The fourth-order valence-corrected chi connectivity index (χ4v) is 1.34. The van der Waals surface area contributed by atoms with E-state index in [2.05, 4.69) is 9.97 Å². The van der Waals surface area contributed by atoms with E-state index in [1.165, 1.54) is 0 Å². The molecule has 2 heterocycles. The molecular weight excluding hydrogens is 152 g/mol. The lowest BCUT2D eigenvalue weighted by atomic mass is 10.1. The first-order chi connectivity index (χ1) is 5.83. The molecule has 2 rings (SSSR count). The van der Waals surface area contributed by atoms with Gasteiger partial charge in [0.1, 0.15) is 5.65 Å². The molecule has 0 radical (unpaired) electrons. The van der Waals surface area contributed by atoms with Crippen LogP contribution in [0.1, 0.15) is 15.9 Å². The molecule has 0 bridgehead atoms. The smallest absolute Gasteiger partial charge is 0.152 e. The number of rotatable bonds is 1. The molecule has 0 atom stereocenters. The number of nitrogens with one attached hydrogen (secondary N) is 1. The lowest BCUT2D eigenvalue weighted by Crippen LogP contribution is -1.81. The van der Waals surface area contributed by atoms with E-state index in [9.17, 15) is 4.79 Å². The third-order valence-corrected chi connectivity index (χ3v) is 1.94. The SMILES string of the molecule is Cc1ccnc2[nH]cc(C=O)c12. The summed E-state index contributed by atoms with van der Waals surface area (Å²) in [4.78, 5) is 17.6. The topological polar surface area (TPSA) is 45.8 Å². The number of aromatic amines is 1. The number of hydrogen-bond acceptors (Lipinski definition) is 2. The summed E-state index contributed by atoms with van der Waals surface area (Å²) in [6.45, 7) is 1.96. The zero-order valence-electron chi connectivity index (χ0n) is 6.66. The Balaban J connectivity index is 2.91. The summed E-state index contributed by atoms with van der Waals surface area (Å²) in [5.41, 5.74) is 2.52. The molecule has 0 aliphatic carbocycles. The molecule has 0 aliphatic rings. The van der Waals surface area contributed by atoms with E-state index in [0.717, 1.165) is 22.9 Å². The Labute approximate surface area is 69.4 Å². The van der Waals surface area contributed by atoms with Crippen molar-refractivity contribution in [1.82, 2.24) is 9.97 Å². The van der Waals surface area contributed by atoms with Gasteiger partial charge in [0, 0.05) is 23.3 Å². The summed E-state index contributed by atoms with van der Waals surface area (Å²) in [6.07, 6.45) is 4.24. The number of aldehydes is 1. The molecule has 60 valence electrons. The van der Waals surface area contributed by atoms with Crippen LogP contribution in [0.3, 0.4) is 0 Å². The highest BCUT2D eigenvalue weighted by molar-refractivity contribution is 5.97. The van der Waals surface area contributed by atoms with E-state index < -0.39 is 0 Å². The maximum absolute atomic E-state index is 10.6. The molecule has 0 spiro atoms. The standard InChI is InChI=1S/C9H8N2O/c1-6-2-3-10-9-8(6)7(5-12)4-11-9/h2-5H,1H3,(H,10,11). The van der Waals surface area contributed by atoms with Crippen molar-refractivity contribution >= 4 is 17.3 Å². The van der Waals surface area contributed by atoms with Gasteiger partial charge in [0.05, 0.1) is 0 Å². The number of carbonyl (C=O) groups is 1. The van der Waals surface area contributed by atoms with Gasteiger partial charge in [-0.3, -0.25) is 4.79 Å². The summed E-state index contributed by atoms with van der Waals surface area (Å²) in [6, 6.07) is 1.89. The van der Waals surface area contributed by atoms with Crippen molar-refractivity contribution < 1.29 is 4.79 Å². The molecule has 0 aromatic carbocycles. The Bertz CT molecular complexity index is 431. The van der Waals surface area contributed by atoms with Crippen LogP contribution in [0.25, 0.3) is 11.0 Å². The molecule has 2 aromatic heterocycles. The summed E-state index contributed by atoms with van der Waals surface area (Å²) in [5.74, 6) is 0. The minimum absolute atomic E-state index is 0.676. The Hall–Kier alpha value is -1.64. The molecule has 3 nitrogen and oxygen atoms in total. The normalized spacial score (nSPS) is 10.4. The van der Waals surface area contributed by atoms with Gasteiger partial charge in [-0.15, -0.1) is 0 Å². The fourth-order valence-electron chi connectivity index (χ4n) is 1.34. The van der Waals surface area contributed by atoms with E-state index in [-0.39, 0.29) is 0 Å².